The number of imide groups is 2. The van der Waals surface area contributed by atoms with Crippen molar-refractivity contribution in [2.75, 3.05) is 4.90 Å². The van der Waals surface area contributed by atoms with Crippen LogP contribution in [0.5, 0.6) is 5.75 Å². The standard InChI is InChI=1S/C24H17ClN2O6S/c1-15-20(25)11-6-12-21(15)27-23(29)19(22(28)26-24(27)30)14-16-7-5-8-17(13-16)33-34(31,32)18-9-3-2-4-10-18/h2-14H,1H3,(H,26,28,30)/b19-14-. The second kappa shape index (κ2) is 9.12. The maximum atomic E-state index is 13.1. The predicted molar refractivity (Wildman–Crippen MR) is 126 cm³/mol. The van der Waals surface area contributed by atoms with Gasteiger partial charge in [0.05, 0.1) is 5.69 Å². The van der Waals surface area contributed by atoms with Crippen molar-refractivity contribution in [2.45, 2.75) is 11.8 Å². The molecule has 0 aliphatic carbocycles. The molecule has 1 heterocycles. The molecule has 0 radical (unpaired) electrons. The van der Waals surface area contributed by atoms with Crippen molar-refractivity contribution in [3.05, 3.63) is 94.5 Å². The van der Waals surface area contributed by atoms with Gasteiger partial charge in [-0.1, -0.05) is 48.0 Å². The highest BCUT2D eigenvalue weighted by Crippen LogP contribution is 2.30. The zero-order chi connectivity index (χ0) is 24.5. The van der Waals surface area contributed by atoms with Crippen molar-refractivity contribution in [1.82, 2.24) is 5.32 Å². The fourth-order valence-electron chi connectivity index (χ4n) is 3.30. The highest BCUT2D eigenvalue weighted by molar-refractivity contribution is 7.87. The van der Waals surface area contributed by atoms with Gasteiger partial charge in [0.15, 0.2) is 0 Å². The second-order valence-electron chi connectivity index (χ2n) is 7.26. The van der Waals surface area contributed by atoms with Gasteiger partial charge in [-0.2, -0.15) is 8.42 Å². The summed E-state index contributed by atoms with van der Waals surface area (Å²) in [4.78, 5) is 38.8. The smallest absolute Gasteiger partial charge is 0.339 e. The van der Waals surface area contributed by atoms with Crippen LogP contribution in [-0.4, -0.2) is 26.3 Å². The van der Waals surface area contributed by atoms with Gasteiger partial charge in [-0.15, -0.1) is 0 Å². The molecule has 1 aliphatic rings. The van der Waals surface area contributed by atoms with Crippen molar-refractivity contribution < 1.29 is 27.0 Å². The molecular formula is C24H17ClN2O6S. The van der Waals surface area contributed by atoms with E-state index < -0.39 is 28.0 Å². The number of urea groups is 1. The first-order chi connectivity index (χ1) is 16.2. The molecule has 0 aromatic heterocycles. The number of benzene rings is 3. The fourth-order valence-corrected chi connectivity index (χ4v) is 4.41. The Morgan fingerprint density at radius 3 is 2.38 bits per heavy atom. The van der Waals surface area contributed by atoms with Gasteiger partial charge in [0.25, 0.3) is 11.8 Å². The molecule has 4 amide bonds. The number of barbiturate groups is 1. The fraction of sp³-hybridized carbons (Fsp3) is 0.0417. The largest absolute Gasteiger partial charge is 0.379 e. The van der Waals surface area contributed by atoms with Gasteiger partial charge in [-0.05, 0) is 60.5 Å². The maximum absolute atomic E-state index is 13.1. The van der Waals surface area contributed by atoms with Gasteiger partial charge in [0.1, 0.15) is 16.2 Å². The molecule has 0 unspecified atom stereocenters. The lowest BCUT2D eigenvalue weighted by molar-refractivity contribution is -0.122. The first kappa shape index (κ1) is 23.2. The Morgan fingerprint density at radius 2 is 1.65 bits per heavy atom. The number of anilines is 1. The second-order valence-corrected chi connectivity index (χ2v) is 9.22. The van der Waals surface area contributed by atoms with Crippen molar-refractivity contribution >= 4 is 51.3 Å². The predicted octanol–water partition coefficient (Wildman–Crippen LogP) is 4.08. The summed E-state index contributed by atoms with van der Waals surface area (Å²) >= 11 is 6.12. The number of nitrogens with zero attached hydrogens (tertiary/aromatic N) is 1. The van der Waals surface area contributed by atoms with Gasteiger partial charge in [0.2, 0.25) is 0 Å². The van der Waals surface area contributed by atoms with Crippen LogP contribution in [0.4, 0.5) is 10.5 Å². The van der Waals surface area contributed by atoms with Crippen LogP contribution in [0.25, 0.3) is 6.08 Å². The minimum absolute atomic E-state index is 0.0134. The number of carbonyl (C=O) groups excluding carboxylic acids is 3. The van der Waals surface area contributed by atoms with E-state index in [2.05, 4.69) is 5.32 Å². The van der Waals surface area contributed by atoms with Crippen LogP contribution >= 0.6 is 11.6 Å². The molecule has 0 atom stereocenters. The van der Waals surface area contributed by atoms with Gasteiger partial charge in [0, 0.05) is 5.02 Å². The van der Waals surface area contributed by atoms with Crippen LogP contribution in [0.3, 0.4) is 0 Å². The Hall–Kier alpha value is -3.95. The van der Waals surface area contributed by atoms with Crippen LogP contribution in [0.1, 0.15) is 11.1 Å². The van der Waals surface area contributed by atoms with Crippen molar-refractivity contribution in [1.29, 1.82) is 0 Å². The van der Waals surface area contributed by atoms with E-state index in [-0.39, 0.29) is 21.9 Å². The first-order valence-corrected chi connectivity index (χ1v) is 11.7. The third-order valence-corrected chi connectivity index (χ3v) is 6.66. The van der Waals surface area contributed by atoms with E-state index in [0.717, 1.165) is 4.90 Å². The molecule has 0 saturated carbocycles. The number of amides is 4. The molecule has 1 fully saturated rings. The van der Waals surface area contributed by atoms with Crippen LogP contribution < -0.4 is 14.4 Å². The molecular weight excluding hydrogens is 480 g/mol. The van der Waals surface area contributed by atoms with E-state index in [9.17, 15) is 22.8 Å². The number of hydrogen-bond donors (Lipinski definition) is 1. The number of rotatable bonds is 5. The lowest BCUT2D eigenvalue weighted by Crippen LogP contribution is -2.54. The Kier molecular flexibility index (Phi) is 6.23. The number of hydrogen-bond acceptors (Lipinski definition) is 6. The average molecular weight is 497 g/mol. The Morgan fingerprint density at radius 1 is 0.941 bits per heavy atom. The Bertz CT molecular complexity index is 1450. The summed E-state index contributed by atoms with van der Waals surface area (Å²) in [6.07, 6.45) is 1.25. The molecule has 172 valence electrons. The SMILES string of the molecule is Cc1c(Cl)cccc1N1C(=O)NC(=O)/C(=C/c2cccc(OS(=O)(=O)c3ccccc3)c2)C1=O. The van der Waals surface area contributed by atoms with Crippen molar-refractivity contribution in [2.24, 2.45) is 0 Å². The summed E-state index contributed by atoms with van der Waals surface area (Å²) in [5.74, 6) is -1.74. The monoisotopic (exact) mass is 496 g/mol. The van der Waals surface area contributed by atoms with E-state index in [1.54, 1.807) is 43.3 Å². The van der Waals surface area contributed by atoms with Gasteiger partial charge < -0.3 is 4.18 Å². The molecule has 1 N–H and O–H groups in total. The molecule has 1 saturated heterocycles. The Balaban J connectivity index is 1.67. The number of carbonyl (C=O) groups is 3. The molecule has 8 nitrogen and oxygen atoms in total. The Labute approximate surface area is 200 Å². The minimum Gasteiger partial charge on any atom is -0.379 e. The third-order valence-electron chi connectivity index (χ3n) is 4.99. The van der Waals surface area contributed by atoms with E-state index in [0.29, 0.717) is 16.1 Å². The van der Waals surface area contributed by atoms with Crippen molar-refractivity contribution in [3.8, 4) is 5.75 Å². The van der Waals surface area contributed by atoms with E-state index >= 15 is 0 Å². The van der Waals surface area contributed by atoms with E-state index in [1.807, 2.05) is 0 Å². The van der Waals surface area contributed by atoms with Crippen molar-refractivity contribution in [3.63, 3.8) is 0 Å². The summed E-state index contributed by atoms with van der Waals surface area (Å²) in [5, 5.41) is 2.49. The molecule has 3 aromatic carbocycles. The summed E-state index contributed by atoms with van der Waals surface area (Å²) in [7, 11) is -4.08. The summed E-state index contributed by atoms with van der Waals surface area (Å²) in [6, 6.07) is 17.3. The first-order valence-electron chi connectivity index (χ1n) is 9.93. The highest BCUT2D eigenvalue weighted by atomic mass is 35.5. The summed E-state index contributed by atoms with van der Waals surface area (Å²) in [6.45, 7) is 1.64. The summed E-state index contributed by atoms with van der Waals surface area (Å²) < 4.78 is 30.2. The van der Waals surface area contributed by atoms with Gasteiger partial charge in [-0.3, -0.25) is 14.9 Å². The zero-order valence-corrected chi connectivity index (χ0v) is 19.3. The lowest BCUT2D eigenvalue weighted by atomic mass is 10.1. The topological polar surface area (TPSA) is 110 Å². The van der Waals surface area contributed by atoms with Crippen LogP contribution in [0, 0.1) is 6.92 Å². The molecule has 4 rings (SSSR count). The quantitative estimate of drug-likeness (QED) is 0.324. The molecule has 1 aliphatic heterocycles. The average Bonchev–Trinajstić information content (AvgIpc) is 2.80. The van der Waals surface area contributed by atoms with Gasteiger partial charge in [-0.25, -0.2) is 9.69 Å². The maximum Gasteiger partial charge on any atom is 0.339 e. The van der Waals surface area contributed by atoms with E-state index in [4.69, 9.17) is 15.8 Å². The van der Waals surface area contributed by atoms with Crippen LogP contribution in [-0.2, 0) is 19.7 Å². The minimum atomic E-state index is -4.08. The molecule has 0 spiro atoms. The highest BCUT2D eigenvalue weighted by Gasteiger charge is 2.37. The van der Waals surface area contributed by atoms with Crippen LogP contribution in [0.2, 0.25) is 5.02 Å². The third kappa shape index (κ3) is 4.57. The molecule has 3 aromatic rings. The molecule has 0 bridgehead atoms. The van der Waals surface area contributed by atoms with Crippen LogP contribution in [0.15, 0.2) is 83.3 Å². The number of nitrogens with one attached hydrogen (secondary N) is 1. The molecule has 34 heavy (non-hydrogen) atoms. The number of halogens is 1. The zero-order valence-electron chi connectivity index (χ0n) is 17.7. The molecule has 10 heteroatoms. The summed E-state index contributed by atoms with van der Waals surface area (Å²) in [5.41, 5.74) is 0.723. The van der Waals surface area contributed by atoms with Gasteiger partial charge >= 0.3 is 16.1 Å². The lowest BCUT2D eigenvalue weighted by Gasteiger charge is -2.27. The normalized spacial score (nSPS) is 15.4. The van der Waals surface area contributed by atoms with E-state index in [1.165, 1.54) is 42.5 Å².